The van der Waals surface area contributed by atoms with Crippen molar-refractivity contribution >= 4 is 47.4 Å². The molecule has 12 unspecified atom stereocenters. The van der Waals surface area contributed by atoms with E-state index in [0.717, 1.165) is 117 Å². The third-order valence-electron chi connectivity index (χ3n) is 27.0. The molecule has 0 bridgehead atoms. The first-order chi connectivity index (χ1) is 66.4. The maximum Gasteiger partial charge on any atom is 0.309 e. The lowest BCUT2D eigenvalue weighted by atomic mass is 9.70. The predicted octanol–water partition coefficient (Wildman–Crippen LogP) is 30.0. The zero-order chi connectivity index (χ0) is 98.9. The summed E-state index contributed by atoms with van der Waals surface area (Å²) in [4.78, 5) is 47.8. The lowest BCUT2D eigenvalue weighted by molar-refractivity contribution is -0.155. The van der Waals surface area contributed by atoms with Crippen molar-refractivity contribution in [2.45, 2.75) is 302 Å². The molecule has 2 aliphatic carbocycles. The number of esters is 4. The van der Waals surface area contributed by atoms with Crippen LogP contribution in [0.5, 0.6) is 51.7 Å². The average Bonchev–Trinajstić information content (AvgIpc) is 0.838. The molecular formula is C119H152O17S2. The number of thioether (sulfide) groups is 2. The second kappa shape index (κ2) is 57.3. The molecule has 0 radical (unpaired) electrons. The fourth-order valence-electron chi connectivity index (χ4n) is 19.1. The Morgan fingerprint density at radius 1 is 0.333 bits per heavy atom. The van der Waals surface area contributed by atoms with Crippen LogP contribution in [0.4, 0.5) is 0 Å². The predicted molar refractivity (Wildman–Crippen MR) is 558 cm³/mol. The molecular weight excluding hydrogens is 1770 g/mol. The van der Waals surface area contributed by atoms with E-state index in [2.05, 4.69) is 147 Å². The third kappa shape index (κ3) is 37.9. The minimum atomic E-state index is -0.479. The summed E-state index contributed by atoms with van der Waals surface area (Å²) in [5, 5.41) is 30.6. The molecule has 2 saturated carbocycles. The highest BCUT2D eigenvalue weighted by Gasteiger charge is 2.34. The molecule has 19 heteroatoms. The summed E-state index contributed by atoms with van der Waals surface area (Å²) < 4.78 is 57.0. The van der Waals surface area contributed by atoms with Crippen LogP contribution in [0.1, 0.15) is 323 Å². The SMILES string of the molecule is CCC(CC(CC(C)c1ccc(OC(C)=O)cc1)c1ccc(O)cc1)c1ccc(OC(C)OCCOC(=O)C2CCC(C(C)(C)C)CC2)cc1.CCC(CC(CC(C)c1ccc(OC(C)=O)cc1)c1ccc(O)cc1)c1ccc(OC(C)OCCSC2CCCCC2)cc1.CCC(CC(CC(C)c1ccc(OC(C)=O)cc1)c1ccc(O)cc1)c1ccc(OC(C)OCCSc2ccccc2)cc1. The first-order valence-corrected chi connectivity index (χ1v) is 52.3. The molecule has 0 heterocycles. The van der Waals surface area contributed by atoms with E-state index >= 15 is 0 Å². The fraction of sp³-hybridized carbons (Fsp3) is 0.462. The lowest BCUT2D eigenvalue weighted by Gasteiger charge is -2.36. The van der Waals surface area contributed by atoms with Crippen molar-refractivity contribution in [3.05, 3.63) is 299 Å². The molecule has 2 aliphatic rings. The van der Waals surface area contributed by atoms with Crippen LogP contribution in [0, 0.1) is 17.3 Å². The maximum absolute atomic E-state index is 12.6. The van der Waals surface area contributed by atoms with E-state index < -0.39 is 6.29 Å². The van der Waals surface area contributed by atoms with Gasteiger partial charge in [-0.25, -0.2) is 0 Å². The second-order valence-electron chi connectivity index (χ2n) is 38.5. The number of hydrogen-bond acceptors (Lipinski definition) is 19. The Morgan fingerprint density at radius 3 is 0.949 bits per heavy atom. The largest absolute Gasteiger partial charge is 0.508 e. The quantitative estimate of drug-likeness (QED) is 0.0106. The van der Waals surface area contributed by atoms with Gasteiger partial charge in [-0.1, -0.05) is 209 Å². The standard InChI is InChI=1S/C43H58O7.C38H50O5S.C38H44O5S/c1-8-32(28-37(35-11-19-39(45)20-12-35)27-29(2)33-13-21-40(22-14-33)49-30(3)44)34-15-23-41(24-16-34)50-31(4)47-25-26-48-42(46)36-9-17-38(18-10-36)43(5,6)7;2*1-5-30(32-15-21-37(22-16-32)43-29(4)41-23-24-44-38-9-7-6-8-10-38)26-34(33-11-17-35(40)18-12-33)25-27(2)31-13-19-36(20-14-31)42-28(3)39/h11-16,19-24,29,31-32,36-38,45H,8-10,17-18,25-28H2,1-7H3;11-22,27,29-30,34,38,40H,5-10,23-26H2,1-4H3;6-22,27,29-30,34,40H,5,23-26H2,1-4H3. The van der Waals surface area contributed by atoms with Crippen molar-refractivity contribution in [3.8, 4) is 51.7 Å². The topological polar surface area (TPSA) is 221 Å². The van der Waals surface area contributed by atoms with E-state index in [9.17, 15) is 34.5 Å². The molecule has 138 heavy (non-hydrogen) atoms. The van der Waals surface area contributed by atoms with Gasteiger partial charge in [-0.15, -0.1) is 11.8 Å². The van der Waals surface area contributed by atoms with Gasteiger partial charge in [-0.05, 0) is 353 Å². The van der Waals surface area contributed by atoms with Gasteiger partial charge in [0.2, 0.25) is 0 Å². The van der Waals surface area contributed by atoms with Crippen LogP contribution in [0.3, 0.4) is 0 Å². The smallest absolute Gasteiger partial charge is 0.309 e. The molecule has 12 rings (SSSR count). The zero-order valence-corrected chi connectivity index (χ0v) is 85.8. The highest BCUT2D eigenvalue weighted by atomic mass is 32.2. The number of carbonyl (C=O) groups excluding carboxylic acids is 4. The van der Waals surface area contributed by atoms with Crippen LogP contribution in [0.2, 0.25) is 0 Å². The molecule has 0 aromatic heterocycles. The van der Waals surface area contributed by atoms with Crippen LogP contribution in [0.25, 0.3) is 0 Å². The summed E-state index contributed by atoms with van der Waals surface area (Å²) in [7, 11) is 0. The van der Waals surface area contributed by atoms with Crippen molar-refractivity contribution in [2.75, 3.05) is 37.9 Å². The summed E-state index contributed by atoms with van der Waals surface area (Å²) in [6.07, 6.45) is 18.5. The van der Waals surface area contributed by atoms with Crippen LogP contribution in [-0.4, -0.2) is 101 Å². The first-order valence-electron chi connectivity index (χ1n) is 50.3. The van der Waals surface area contributed by atoms with Crippen LogP contribution in [-0.2, 0) is 38.1 Å². The monoisotopic (exact) mass is 1920 g/mol. The average molecular weight is 1920 g/mol. The van der Waals surface area contributed by atoms with Gasteiger partial charge in [-0.2, -0.15) is 11.8 Å². The molecule has 17 nitrogen and oxygen atoms in total. The maximum atomic E-state index is 12.6. The van der Waals surface area contributed by atoms with Crippen molar-refractivity contribution in [1.82, 2.24) is 0 Å². The van der Waals surface area contributed by atoms with Gasteiger partial charge in [0.1, 0.15) is 58.4 Å². The van der Waals surface area contributed by atoms with E-state index in [1.165, 1.54) is 108 Å². The lowest BCUT2D eigenvalue weighted by Crippen LogP contribution is -2.30. The summed E-state index contributed by atoms with van der Waals surface area (Å²) in [6, 6.07) is 81.8. The molecule has 10 aromatic rings. The number of hydrogen-bond donors (Lipinski definition) is 3. The highest BCUT2D eigenvalue weighted by Crippen LogP contribution is 2.46. The molecule has 12 atom stereocenters. The molecule has 0 amide bonds. The van der Waals surface area contributed by atoms with Crippen molar-refractivity contribution in [2.24, 2.45) is 17.3 Å². The van der Waals surface area contributed by atoms with Crippen LogP contribution in [0.15, 0.2) is 254 Å². The van der Waals surface area contributed by atoms with Crippen LogP contribution < -0.4 is 28.4 Å². The molecule has 10 aromatic carbocycles. The molecule has 0 aliphatic heterocycles. The van der Waals surface area contributed by atoms with Gasteiger partial charge >= 0.3 is 23.9 Å². The first kappa shape index (κ1) is 109. The number of phenols is 3. The Labute approximate surface area is 831 Å². The minimum Gasteiger partial charge on any atom is -0.508 e. The summed E-state index contributed by atoms with van der Waals surface area (Å²) >= 11 is 3.83. The van der Waals surface area contributed by atoms with Gasteiger partial charge in [0.25, 0.3) is 0 Å². The van der Waals surface area contributed by atoms with E-state index in [1.807, 2.05) is 160 Å². The Morgan fingerprint density at radius 2 is 0.630 bits per heavy atom. The normalized spacial score (nSPS) is 16.5. The number of ether oxygens (including phenoxy) is 10. The Hall–Kier alpha value is -10.5. The third-order valence-corrected chi connectivity index (χ3v) is 29.4. The molecule has 2 fully saturated rings. The molecule has 0 saturated heterocycles. The van der Waals surface area contributed by atoms with Gasteiger partial charge in [0.15, 0.2) is 18.9 Å². The van der Waals surface area contributed by atoms with E-state index in [-0.39, 0.29) is 84.7 Å². The zero-order valence-electron chi connectivity index (χ0n) is 84.2. The number of phenolic OH excluding ortho intramolecular Hbond substituents is 3. The summed E-state index contributed by atoms with van der Waals surface area (Å²) in [5.41, 5.74) is 11.4. The fourth-order valence-corrected chi connectivity index (χ4v) is 21.1. The van der Waals surface area contributed by atoms with Crippen molar-refractivity contribution in [1.29, 1.82) is 0 Å². The number of aromatic hydroxyl groups is 3. The van der Waals surface area contributed by atoms with Crippen molar-refractivity contribution < 1.29 is 81.9 Å². The Balaban J connectivity index is 0.000000214. The van der Waals surface area contributed by atoms with Gasteiger partial charge in [0, 0.05) is 42.4 Å². The number of carbonyl (C=O) groups is 4. The molecule has 742 valence electrons. The van der Waals surface area contributed by atoms with E-state index in [1.54, 1.807) is 48.2 Å². The van der Waals surface area contributed by atoms with Gasteiger partial charge in [0.05, 0.1) is 25.7 Å². The second-order valence-corrected chi connectivity index (χ2v) is 41.1. The van der Waals surface area contributed by atoms with Crippen LogP contribution >= 0.6 is 23.5 Å². The Kier molecular flexibility index (Phi) is 45.4. The number of benzene rings is 10. The Bertz CT molecular complexity index is 5150. The number of rotatable bonds is 48. The molecule has 0 spiro atoms. The minimum absolute atomic E-state index is 0.000192. The summed E-state index contributed by atoms with van der Waals surface area (Å²) in [6.45, 7) is 32.1. The van der Waals surface area contributed by atoms with Gasteiger partial charge in [-0.3, -0.25) is 19.2 Å². The summed E-state index contributed by atoms with van der Waals surface area (Å²) in [5.74, 6) is 9.14. The van der Waals surface area contributed by atoms with E-state index in [4.69, 9.17) is 47.4 Å². The van der Waals surface area contributed by atoms with Gasteiger partial charge < -0.3 is 62.7 Å². The highest BCUT2D eigenvalue weighted by molar-refractivity contribution is 8.00. The van der Waals surface area contributed by atoms with E-state index in [0.29, 0.717) is 83.2 Å². The van der Waals surface area contributed by atoms with Crippen molar-refractivity contribution in [3.63, 3.8) is 0 Å². The molecule has 3 N–H and O–H groups in total.